The summed E-state index contributed by atoms with van der Waals surface area (Å²) in [4.78, 5) is 0. The van der Waals surface area contributed by atoms with Gasteiger partial charge in [-0.3, -0.25) is 0 Å². The molecule has 1 atom stereocenters. The molecule has 16 heavy (non-hydrogen) atoms. The van der Waals surface area contributed by atoms with Gasteiger partial charge in [0.2, 0.25) is 0 Å². The maximum absolute atomic E-state index is 12.0. The van der Waals surface area contributed by atoms with Crippen molar-refractivity contribution < 1.29 is 8.42 Å². The van der Waals surface area contributed by atoms with Gasteiger partial charge in [-0.1, -0.05) is 13.3 Å². The van der Waals surface area contributed by atoms with Crippen molar-refractivity contribution in [1.29, 1.82) is 0 Å². The van der Waals surface area contributed by atoms with Crippen LogP contribution in [0.2, 0.25) is 0 Å². The van der Waals surface area contributed by atoms with Gasteiger partial charge in [0.25, 0.3) is 0 Å². The van der Waals surface area contributed by atoms with Crippen molar-refractivity contribution in [2.75, 3.05) is 5.75 Å². The summed E-state index contributed by atoms with van der Waals surface area (Å²) in [5.41, 5.74) is 5.61. The Morgan fingerprint density at radius 2 is 1.81 bits per heavy atom. The molecule has 0 aromatic rings. The van der Waals surface area contributed by atoms with Gasteiger partial charge in [-0.15, -0.1) is 0 Å². The van der Waals surface area contributed by atoms with Crippen LogP contribution in [0.5, 0.6) is 0 Å². The summed E-state index contributed by atoms with van der Waals surface area (Å²) < 4.78 is 24.1. The normalized spacial score (nSPS) is 28.9. The van der Waals surface area contributed by atoms with Gasteiger partial charge in [0, 0.05) is 6.04 Å². The average Bonchev–Trinajstić information content (AvgIpc) is 2.27. The minimum atomic E-state index is -2.89. The van der Waals surface area contributed by atoms with Crippen LogP contribution in [-0.2, 0) is 9.84 Å². The summed E-state index contributed by atoms with van der Waals surface area (Å²) in [5.74, 6) is 1.02. The van der Waals surface area contributed by atoms with E-state index in [1.165, 1.54) is 6.42 Å². The molecule has 0 bridgehead atoms. The molecule has 0 aromatic carbocycles. The molecular weight excluding hydrogens is 222 g/mol. The lowest BCUT2D eigenvalue weighted by molar-refractivity contribution is 0.348. The third-order valence-electron chi connectivity index (χ3n) is 3.74. The molecule has 0 heterocycles. The van der Waals surface area contributed by atoms with Gasteiger partial charge in [-0.05, 0) is 44.9 Å². The van der Waals surface area contributed by atoms with Crippen molar-refractivity contribution in [3.8, 4) is 0 Å². The number of hydrogen-bond donors (Lipinski definition) is 1. The Hall–Kier alpha value is -0.0900. The van der Waals surface area contributed by atoms with E-state index in [0.717, 1.165) is 31.6 Å². The molecule has 2 N–H and O–H groups in total. The van der Waals surface area contributed by atoms with Crippen molar-refractivity contribution in [3.63, 3.8) is 0 Å². The zero-order valence-electron chi connectivity index (χ0n) is 10.5. The first kappa shape index (κ1) is 14.0. The first-order valence-corrected chi connectivity index (χ1v) is 8.14. The van der Waals surface area contributed by atoms with Crippen LogP contribution < -0.4 is 5.73 Å². The van der Waals surface area contributed by atoms with Gasteiger partial charge in [0.05, 0.1) is 11.0 Å². The molecule has 1 saturated carbocycles. The summed E-state index contributed by atoms with van der Waals surface area (Å²) in [5, 5.41) is -0.0888. The Morgan fingerprint density at radius 3 is 2.25 bits per heavy atom. The summed E-state index contributed by atoms with van der Waals surface area (Å²) in [6, 6.07) is -0.0123. The number of nitrogens with two attached hydrogens (primary N) is 1. The Balaban J connectivity index is 2.45. The molecule has 96 valence electrons. The van der Waals surface area contributed by atoms with E-state index in [9.17, 15) is 8.42 Å². The van der Waals surface area contributed by atoms with Crippen LogP contribution in [0.3, 0.4) is 0 Å². The molecule has 0 spiro atoms. The standard InChI is InChI=1S/C12H25NO2S/c1-3-11-4-6-12(7-5-11)16(14,15)9-8-10(2)13/h10-12H,3-9,13H2,1-2H3. The highest BCUT2D eigenvalue weighted by Gasteiger charge is 2.29. The van der Waals surface area contributed by atoms with Crippen molar-refractivity contribution in [3.05, 3.63) is 0 Å². The van der Waals surface area contributed by atoms with E-state index in [2.05, 4.69) is 6.92 Å². The molecule has 4 heteroatoms. The second-order valence-corrected chi connectivity index (χ2v) is 7.58. The van der Waals surface area contributed by atoms with Crippen LogP contribution >= 0.6 is 0 Å². The van der Waals surface area contributed by atoms with Crippen LogP contribution in [0.1, 0.15) is 52.4 Å². The van der Waals surface area contributed by atoms with Crippen LogP contribution in [0, 0.1) is 5.92 Å². The Labute approximate surface area is 99.7 Å². The summed E-state index contributed by atoms with van der Waals surface area (Å²) >= 11 is 0. The Kier molecular flexibility index (Phi) is 5.25. The highest BCUT2D eigenvalue weighted by Crippen LogP contribution is 2.30. The van der Waals surface area contributed by atoms with E-state index in [1.54, 1.807) is 0 Å². The highest BCUT2D eigenvalue weighted by molar-refractivity contribution is 7.92. The molecule has 0 saturated heterocycles. The second-order valence-electron chi connectivity index (χ2n) is 5.18. The molecule has 3 nitrogen and oxygen atoms in total. The lowest BCUT2D eigenvalue weighted by Gasteiger charge is -2.27. The quantitative estimate of drug-likeness (QED) is 0.809. The molecule has 1 unspecified atom stereocenters. The molecule has 1 aliphatic rings. The lowest BCUT2D eigenvalue weighted by atomic mass is 9.87. The maximum Gasteiger partial charge on any atom is 0.153 e. The van der Waals surface area contributed by atoms with E-state index in [0.29, 0.717) is 6.42 Å². The number of hydrogen-bond acceptors (Lipinski definition) is 3. The van der Waals surface area contributed by atoms with Gasteiger partial charge >= 0.3 is 0 Å². The van der Waals surface area contributed by atoms with E-state index in [1.807, 2.05) is 6.92 Å². The summed E-state index contributed by atoms with van der Waals surface area (Å²) in [6.45, 7) is 4.05. The number of rotatable bonds is 5. The monoisotopic (exact) mass is 247 g/mol. The molecular formula is C12H25NO2S. The van der Waals surface area contributed by atoms with E-state index in [-0.39, 0.29) is 17.0 Å². The number of sulfone groups is 1. The molecule has 1 aliphatic carbocycles. The largest absolute Gasteiger partial charge is 0.328 e. The molecule has 1 fully saturated rings. The van der Waals surface area contributed by atoms with E-state index in [4.69, 9.17) is 5.73 Å². The van der Waals surface area contributed by atoms with Crippen molar-refractivity contribution in [1.82, 2.24) is 0 Å². The van der Waals surface area contributed by atoms with Crippen LogP contribution in [0.25, 0.3) is 0 Å². The van der Waals surface area contributed by atoms with Gasteiger partial charge < -0.3 is 5.73 Å². The molecule has 0 aliphatic heterocycles. The molecule has 0 radical (unpaired) electrons. The first-order valence-electron chi connectivity index (χ1n) is 6.42. The van der Waals surface area contributed by atoms with E-state index < -0.39 is 9.84 Å². The van der Waals surface area contributed by atoms with Gasteiger partial charge in [-0.2, -0.15) is 0 Å². The maximum atomic E-state index is 12.0. The topological polar surface area (TPSA) is 60.2 Å². The fourth-order valence-corrected chi connectivity index (χ4v) is 4.44. The van der Waals surface area contributed by atoms with Gasteiger partial charge in [0.1, 0.15) is 0 Å². The van der Waals surface area contributed by atoms with Crippen LogP contribution in [0.4, 0.5) is 0 Å². The fourth-order valence-electron chi connectivity index (χ4n) is 2.42. The van der Waals surface area contributed by atoms with Crippen LogP contribution in [-0.4, -0.2) is 25.5 Å². The predicted octanol–water partition coefficient (Wildman–Crippen LogP) is 2.11. The van der Waals surface area contributed by atoms with E-state index >= 15 is 0 Å². The zero-order valence-corrected chi connectivity index (χ0v) is 11.3. The van der Waals surface area contributed by atoms with Gasteiger partial charge in [0.15, 0.2) is 9.84 Å². The highest BCUT2D eigenvalue weighted by atomic mass is 32.2. The predicted molar refractivity (Wildman–Crippen MR) is 68.1 cm³/mol. The Morgan fingerprint density at radius 1 is 1.25 bits per heavy atom. The third kappa shape index (κ3) is 4.06. The van der Waals surface area contributed by atoms with Crippen molar-refractivity contribution in [2.24, 2.45) is 11.7 Å². The minimum Gasteiger partial charge on any atom is -0.328 e. The van der Waals surface area contributed by atoms with Crippen molar-refractivity contribution in [2.45, 2.75) is 63.7 Å². The minimum absolute atomic E-state index is 0.0123. The first-order chi connectivity index (χ1) is 7.45. The fraction of sp³-hybridized carbons (Fsp3) is 1.00. The lowest BCUT2D eigenvalue weighted by Crippen LogP contribution is -2.31. The summed E-state index contributed by atoms with van der Waals surface area (Å²) in [6.07, 6.45) is 5.67. The van der Waals surface area contributed by atoms with Crippen molar-refractivity contribution >= 4 is 9.84 Å². The summed E-state index contributed by atoms with van der Waals surface area (Å²) in [7, 11) is -2.89. The molecule has 0 aromatic heterocycles. The molecule has 0 amide bonds. The molecule has 1 rings (SSSR count). The smallest absolute Gasteiger partial charge is 0.153 e. The Bertz CT molecular complexity index is 290. The van der Waals surface area contributed by atoms with Crippen LogP contribution in [0.15, 0.2) is 0 Å². The zero-order chi connectivity index (χ0) is 12.2. The second kappa shape index (κ2) is 6.01. The van der Waals surface area contributed by atoms with Gasteiger partial charge in [-0.25, -0.2) is 8.42 Å². The third-order valence-corrected chi connectivity index (χ3v) is 6.03. The average molecular weight is 247 g/mol. The SMILES string of the molecule is CCC1CCC(S(=O)(=O)CCC(C)N)CC1.